The maximum atomic E-state index is 13.3. The van der Waals surface area contributed by atoms with Crippen LogP contribution in [0.5, 0.6) is 0 Å². The number of anilines is 1. The molecule has 0 radical (unpaired) electrons. The van der Waals surface area contributed by atoms with Crippen molar-refractivity contribution in [2.45, 2.75) is 25.3 Å². The van der Waals surface area contributed by atoms with Gasteiger partial charge in [0.05, 0.1) is 10.6 Å². The van der Waals surface area contributed by atoms with Gasteiger partial charge in [-0.2, -0.15) is 0 Å². The molecule has 2 rings (SSSR count). The predicted octanol–water partition coefficient (Wildman–Crippen LogP) is 2.70. The molecule has 0 aliphatic rings. The zero-order valence-electron chi connectivity index (χ0n) is 11.9. The molecule has 2 aromatic carbocycles. The zero-order valence-corrected chi connectivity index (χ0v) is 12.7. The van der Waals surface area contributed by atoms with Gasteiger partial charge in [0.1, 0.15) is 5.82 Å². The third kappa shape index (κ3) is 3.40. The largest absolute Gasteiger partial charge is 0.326 e. The normalized spacial score (nSPS) is 11.4. The first-order valence-corrected chi connectivity index (χ1v) is 7.90. The molecule has 0 aromatic heterocycles. The van der Waals surface area contributed by atoms with E-state index >= 15 is 0 Å². The number of benzene rings is 2. The summed E-state index contributed by atoms with van der Waals surface area (Å²) in [6.45, 7) is 3.76. The van der Waals surface area contributed by atoms with Crippen molar-refractivity contribution in [3.05, 3.63) is 58.9 Å². The Morgan fingerprint density at radius 2 is 1.81 bits per heavy atom. The van der Waals surface area contributed by atoms with Gasteiger partial charge in [-0.05, 0) is 48.7 Å². The minimum Gasteiger partial charge on any atom is -0.326 e. The minimum atomic E-state index is -3.77. The Morgan fingerprint density at radius 1 is 1.10 bits per heavy atom. The number of hydrogen-bond acceptors (Lipinski definition) is 3. The van der Waals surface area contributed by atoms with Gasteiger partial charge in [-0.1, -0.05) is 18.2 Å². The molecule has 0 aliphatic carbocycles. The Hall–Kier alpha value is -1.92. The molecule has 0 bridgehead atoms. The summed E-state index contributed by atoms with van der Waals surface area (Å²) in [7, 11) is -3.77. The molecule has 0 spiro atoms. The summed E-state index contributed by atoms with van der Waals surface area (Å²) in [5.41, 5.74) is 7.87. The average molecular weight is 308 g/mol. The van der Waals surface area contributed by atoms with Crippen molar-refractivity contribution in [3.63, 3.8) is 0 Å². The number of nitrogens with one attached hydrogen (secondary N) is 1. The molecule has 0 saturated heterocycles. The lowest BCUT2D eigenvalue weighted by Crippen LogP contribution is -2.15. The highest BCUT2D eigenvalue weighted by atomic mass is 32.2. The van der Waals surface area contributed by atoms with E-state index < -0.39 is 15.8 Å². The fourth-order valence-corrected chi connectivity index (χ4v) is 3.39. The van der Waals surface area contributed by atoms with Crippen molar-refractivity contribution in [3.8, 4) is 0 Å². The second kappa shape index (κ2) is 5.83. The Balaban J connectivity index is 2.41. The second-order valence-corrected chi connectivity index (χ2v) is 6.52. The Labute approximate surface area is 123 Å². The number of aryl methyl sites for hydroxylation is 2. The van der Waals surface area contributed by atoms with Crippen molar-refractivity contribution >= 4 is 15.7 Å². The average Bonchev–Trinajstić information content (AvgIpc) is 2.42. The molecular weight excluding hydrogens is 291 g/mol. The van der Waals surface area contributed by atoms with Crippen molar-refractivity contribution in [1.82, 2.24) is 0 Å². The van der Waals surface area contributed by atoms with Crippen LogP contribution in [0.25, 0.3) is 0 Å². The Morgan fingerprint density at radius 3 is 2.43 bits per heavy atom. The fourth-order valence-electron chi connectivity index (χ4n) is 2.04. The highest BCUT2D eigenvalue weighted by Crippen LogP contribution is 2.23. The summed E-state index contributed by atoms with van der Waals surface area (Å²) in [6, 6.07) is 8.88. The van der Waals surface area contributed by atoms with Crippen LogP contribution < -0.4 is 10.5 Å². The molecule has 0 aliphatic heterocycles. The van der Waals surface area contributed by atoms with Crippen LogP contribution >= 0.6 is 0 Å². The maximum Gasteiger partial charge on any atom is 0.262 e. The van der Waals surface area contributed by atoms with E-state index in [4.69, 9.17) is 5.73 Å². The quantitative estimate of drug-likeness (QED) is 0.912. The van der Waals surface area contributed by atoms with Crippen LogP contribution in [0.4, 0.5) is 10.1 Å². The number of halogens is 1. The van der Waals surface area contributed by atoms with E-state index in [1.165, 1.54) is 18.2 Å². The van der Waals surface area contributed by atoms with Crippen molar-refractivity contribution in [2.75, 3.05) is 4.72 Å². The SMILES string of the molecule is Cc1ccc(F)cc1NS(=O)(=O)c1ccc(CN)cc1C. The smallest absolute Gasteiger partial charge is 0.262 e. The van der Waals surface area contributed by atoms with Crippen LogP contribution in [0.15, 0.2) is 41.3 Å². The third-order valence-corrected chi connectivity index (χ3v) is 4.73. The molecule has 2 aromatic rings. The molecular formula is C15H17FN2O2S. The maximum absolute atomic E-state index is 13.3. The lowest BCUT2D eigenvalue weighted by atomic mass is 10.1. The van der Waals surface area contributed by atoms with Crippen LogP contribution in [-0.2, 0) is 16.6 Å². The zero-order chi connectivity index (χ0) is 15.6. The van der Waals surface area contributed by atoms with E-state index in [0.29, 0.717) is 17.7 Å². The molecule has 6 heteroatoms. The number of rotatable bonds is 4. The van der Waals surface area contributed by atoms with Gasteiger partial charge in [0, 0.05) is 6.54 Å². The second-order valence-electron chi connectivity index (χ2n) is 4.87. The van der Waals surface area contributed by atoms with Gasteiger partial charge in [0.15, 0.2) is 0 Å². The van der Waals surface area contributed by atoms with Crippen LogP contribution in [0.2, 0.25) is 0 Å². The van der Waals surface area contributed by atoms with E-state index in [9.17, 15) is 12.8 Å². The van der Waals surface area contributed by atoms with Gasteiger partial charge >= 0.3 is 0 Å². The summed E-state index contributed by atoms with van der Waals surface area (Å²) in [6.07, 6.45) is 0. The molecule has 4 nitrogen and oxygen atoms in total. The molecule has 0 saturated carbocycles. The number of hydrogen-bond donors (Lipinski definition) is 2. The highest BCUT2D eigenvalue weighted by Gasteiger charge is 2.18. The van der Waals surface area contributed by atoms with Crippen molar-refractivity contribution in [1.29, 1.82) is 0 Å². The molecule has 3 N–H and O–H groups in total. The summed E-state index contributed by atoms with van der Waals surface area (Å²) in [4.78, 5) is 0.156. The van der Waals surface area contributed by atoms with E-state index in [0.717, 1.165) is 11.6 Å². The van der Waals surface area contributed by atoms with E-state index in [-0.39, 0.29) is 10.6 Å². The molecule has 21 heavy (non-hydrogen) atoms. The van der Waals surface area contributed by atoms with Crippen LogP contribution in [-0.4, -0.2) is 8.42 Å². The van der Waals surface area contributed by atoms with Gasteiger partial charge in [-0.15, -0.1) is 0 Å². The van der Waals surface area contributed by atoms with Gasteiger partial charge in [0.2, 0.25) is 0 Å². The van der Waals surface area contributed by atoms with E-state index in [1.807, 2.05) is 0 Å². The Bertz CT molecular complexity index is 773. The fraction of sp³-hybridized carbons (Fsp3) is 0.200. The molecule has 0 amide bonds. The standard InChI is InChI=1S/C15H17FN2O2S/c1-10-3-5-13(16)8-14(10)18-21(19,20)15-6-4-12(9-17)7-11(15)2/h3-8,18H,9,17H2,1-2H3. The first kappa shape index (κ1) is 15.5. The van der Waals surface area contributed by atoms with E-state index in [1.54, 1.807) is 26.0 Å². The molecule has 112 valence electrons. The summed E-state index contributed by atoms with van der Waals surface area (Å²) >= 11 is 0. The summed E-state index contributed by atoms with van der Waals surface area (Å²) in [5.74, 6) is -0.492. The minimum absolute atomic E-state index is 0.156. The van der Waals surface area contributed by atoms with Gasteiger partial charge in [-0.3, -0.25) is 4.72 Å². The van der Waals surface area contributed by atoms with Crippen molar-refractivity contribution < 1.29 is 12.8 Å². The topological polar surface area (TPSA) is 72.2 Å². The lowest BCUT2D eigenvalue weighted by molar-refractivity contribution is 0.600. The van der Waals surface area contributed by atoms with Crippen LogP contribution in [0.3, 0.4) is 0 Å². The molecule has 0 atom stereocenters. The van der Waals surface area contributed by atoms with Gasteiger partial charge in [-0.25, -0.2) is 12.8 Å². The van der Waals surface area contributed by atoms with Gasteiger partial charge in [0.25, 0.3) is 10.0 Å². The Kier molecular flexibility index (Phi) is 4.29. The lowest BCUT2D eigenvalue weighted by Gasteiger charge is -2.13. The number of nitrogens with two attached hydrogens (primary N) is 1. The summed E-state index contributed by atoms with van der Waals surface area (Å²) < 4.78 is 40.5. The molecule has 0 fully saturated rings. The monoisotopic (exact) mass is 308 g/mol. The van der Waals surface area contributed by atoms with Gasteiger partial charge < -0.3 is 5.73 Å². The van der Waals surface area contributed by atoms with Crippen LogP contribution in [0.1, 0.15) is 16.7 Å². The van der Waals surface area contributed by atoms with Crippen LogP contribution in [0, 0.1) is 19.7 Å². The first-order chi connectivity index (χ1) is 9.83. The molecule has 0 heterocycles. The van der Waals surface area contributed by atoms with Crippen molar-refractivity contribution in [2.24, 2.45) is 5.73 Å². The summed E-state index contributed by atoms with van der Waals surface area (Å²) in [5, 5.41) is 0. The predicted molar refractivity (Wildman–Crippen MR) is 81.0 cm³/mol. The molecule has 0 unspecified atom stereocenters. The first-order valence-electron chi connectivity index (χ1n) is 6.42. The third-order valence-electron chi connectivity index (χ3n) is 3.21. The van der Waals surface area contributed by atoms with E-state index in [2.05, 4.69) is 4.72 Å². The highest BCUT2D eigenvalue weighted by molar-refractivity contribution is 7.92. The number of sulfonamides is 1.